The topological polar surface area (TPSA) is 86.1 Å². The van der Waals surface area contributed by atoms with Gasteiger partial charge in [0.1, 0.15) is 11.4 Å². The molecule has 1 amide bonds. The van der Waals surface area contributed by atoms with E-state index in [2.05, 4.69) is 15.3 Å². The monoisotopic (exact) mass is 488 g/mol. The van der Waals surface area contributed by atoms with Crippen molar-refractivity contribution < 1.29 is 27.5 Å². The molecule has 34 heavy (non-hydrogen) atoms. The third kappa shape index (κ3) is 4.58. The molecule has 0 unspecified atom stereocenters. The van der Waals surface area contributed by atoms with Crippen LogP contribution in [0.5, 0.6) is 5.75 Å². The number of anilines is 1. The number of ether oxygens (including phenoxy) is 1. The number of hydrogen-bond acceptors (Lipinski definition) is 5. The molecule has 0 atom stereocenters. The van der Waals surface area contributed by atoms with Gasteiger partial charge >= 0.3 is 6.18 Å². The lowest BCUT2D eigenvalue weighted by Crippen LogP contribution is -2.27. The smallest absolute Gasteiger partial charge is 0.432 e. The Morgan fingerprint density at radius 1 is 1.09 bits per heavy atom. The number of Topliss-reactive ketones (excluding diaryl/α,β-unsaturated/α-hetero) is 1. The van der Waals surface area contributed by atoms with Gasteiger partial charge in [-0.3, -0.25) is 14.9 Å². The Hall–Kier alpha value is -3.92. The molecule has 7 nitrogen and oxygen atoms in total. The van der Waals surface area contributed by atoms with Crippen LogP contribution in [0.1, 0.15) is 21.6 Å². The van der Waals surface area contributed by atoms with E-state index in [1.54, 1.807) is 24.3 Å². The molecule has 2 heterocycles. The van der Waals surface area contributed by atoms with E-state index in [9.17, 15) is 22.8 Å². The van der Waals surface area contributed by atoms with Gasteiger partial charge in [-0.05, 0) is 42.0 Å². The van der Waals surface area contributed by atoms with Crippen LogP contribution in [0.25, 0.3) is 10.9 Å². The van der Waals surface area contributed by atoms with E-state index in [0.29, 0.717) is 10.6 Å². The zero-order valence-electron chi connectivity index (χ0n) is 17.6. The number of methoxy groups -OCH3 is 1. The van der Waals surface area contributed by atoms with E-state index in [4.69, 9.17) is 16.3 Å². The lowest BCUT2D eigenvalue weighted by Gasteiger charge is -2.15. The quantitative estimate of drug-likeness (QED) is 0.305. The van der Waals surface area contributed by atoms with Gasteiger partial charge in [0.15, 0.2) is 0 Å². The Kier molecular flexibility index (Phi) is 6.25. The number of ketones is 1. The summed E-state index contributed by atoms with van der Waals surface area (Å²) in [6, 6.07) is 11.9. The minimum atomic E-state index is -4.95. The molecule has 2 aromatic carbocycles. The molecular formula is C23H16ClF3N4O3. The molecule has 0 aliphatic carbocycles. The van der Waals surface area contributed by atoms with Crippen molar-refractivity contribution in [3.8, 4) is 5.75 Å². The molecule has 0 saturated heterocycles. The third-order valence-electron chi connectivity index (χ3n) is 5.02. The number of carbonyl (C=O) groups excluding carboxylic acids is 2. The van der Waals surface area contributed by atoms with E-state index >= 15 is 0 Å². The number of nitrogens with zero attached hydrogens (tertiary/aromatic N) is 3. The summed E-state index contributed by atoms with van der Waals surface area (Å²) < 4.78 is 49.2. The van der Waals surface area contributed by atoms with Crippen LogP contribution in [0.4, 0.5) is 19.1 Å². The van der Waals surface area contributed by atoms with Gasteiger partial charge in [0.25, 0.3) is 11.7 Å². The summed E-state index contributed by atoms with van der Waals surface area (Å²) in [4.78, 5) is 33.3. The summed E-state index contributed by atoms with van der Waals surface area (Å²) in [6.07, 6.45) is -2.32. The molecule has 1 N–H and O–H groups in total. The van der Waals surface area contributed by atoms with E-state index in [0.717, 1.165) is 4.57 Å². The summed E-state index contributed by atoms with van der Waals surface area (Å²) in [7, 11) is 1.34. The summed E-state index contributed by atoms with van der Waals surface area (Å²) in [5.41, 5.74) is -1.41. The van der Waals surface area contributed by atoms with Crippen molar-refractivity contribution >= 4 is 40.1 Å². The first-order valence-electron chi connectivity index (χ1n) is 9.83. The van der Waals surface area contributed by atoms with Crippen molar-refractivity contribution in [2.75, 3.05) is 12.4 Å². The fourth-order valence-corrected chi connectivity index (χ4v) is 3.68. The first-order valence-corrected chi connectivity index (χ1v) is 10.2. The maximum atomic E-state index is 14.4. The number of amides is 1. The molecular weight excluding hydrogens is 473 g/mol. The lowest BCUT2D eigenvalue weighted by molar-refractivity contribution is -0.143. The SMILES string of the molecule is COc1ccc2c(c1)c(C(=O)C(=O)Nc1ncccn1)c(C(F)(F)F)n2Cc1ccc(Cl)cc1. The summed E-state index contributed by atoms with van der Waals surface area (Å²) in [5, 5.41) is 2.50. The Labute approximate surface area is 196 Å². The van der Waals surface area contributed by atoms with E-state index in [1.807, 2.05) is 0 Å². The van der Waals surface area contributed by atoms with Crippen LogP contribution in [-0.4, -0.2) is 33.3 Å². The summed E-state index contributed by atoms with van der Waals surface area (Å²) >= 11 is 5.89. The molecule has 4 aromatic rings. The van der Waals surface area contributed by atoms with Crippen LogP contribution in [-0.2, 0) is 17.5 Å². The van der Waals surface area contributed by atoms with Crippen molar-refractivity contribution in [1.29, 1.82) is 0 Å². The van der Waals surface area contributed by atoms with Crippen LogP contribution >= 0.6 is 11.6 Å². The summed E-state index contributed by atoms with van der Waals surface area (Å²) in [6.45, 7) is -0.217. The minimum Gasteiger partial charge on any atom is -0.497 e. The Balaban J connectivity index is 1.90. The average molecular weight is 489 g/mol. The van der Waals surface area contributed by atoms with Crippen molar-refractivity contribution in [3.63, 3.8) is 0 Å². The van der Waals surface area contributed by atoms with Gasteiger partial charge in [-0.15, -0.1) is 0 Å². The van der Waals surface area contributed by atoms with Crippen LogP contribution in [0.3, 0.4) is 0 Å². The van der Waals surface area contributed by atoms with Gasteiger partial charge in [0.2, 0.25) is 5.95 Å². The lowest BCUT2D eigenvalue weighted by atomic mass is 10.0. The fraction of sp³-hybridized carbons (Fsp3) is 0.130. The van der Waals surface area contributed by atoms with Crippen LogP contribution in [0.2, 0.25) is 5.02 Å². The molecule has 0 aliphatic heterocycles. The summed E-state index contributed by atoms with van der Waals surface area (Å²) in [5.74, 6) is -2.67. The van der Waals surface area contributed by atoms with Gasteiger partial charge in [0, 0.05) is 34.9 Å². The minimum absolute atomic E-state index is 0.0743. The Morgan fingerprint density at radius 3 is 2.38 bits per heavy atom. The molecule has 0 fully saturated rings. The van der Waals surface area contributed by atoms with Crippen LogP contribution in [0.15, 0.2) is 60.9 Å². The number of carbonyl (C=O) groups is 2. The highest BCUT2D eigenvalue weighted by molar-refractivity contribution is 6.48. The number of fused-ring (bicyclic) bond motifs is 1. The van der Waals surface area contributed by atoms with Crippen molar-refractivity contribution in [1.82, 2.24) is 14.5 Å². The highest BCUT2D eigenvalue weighted by Gasteiger charge is 2.42. The van der Waals surface area contributed by atoms with Gasteiger partial charge in [-0.25, -0.2) is 9.97 Å². The second-order valence-corrected chi connectivity index (χ2v) is 7.61. The number of nitrogens with one attached hydrogen (secondary N) is 1. The number of hydrogen-bond donors (Lipinski definition) is 1. The van der Waals surface area contributed by atoms with Crippen LogP contribution < -0.4 is 10.1 Å². The molecule has 0 spiro atoms. The first-order chi connectivity index (χ1) is 16.2. The average Bonchev–Trinajstić information content (AvgIpc) is 3.14. The fourth-order valence-electron chi connectivity index (χ4n) is 3.56. The molecule has 0 aliphatic rings. The molecule has 0 saturated carbocycles. The third-order valence-corrected chi connectivity index (χ3v) is 5.27. The highest BCUT2D eigenvalue weighted by Crippen LogP contribution is 2.40. The normalized spacial score (nSPS) is 11.4. The van der Waals surface area contributed by atoms with Gasteiger partial charge in [0.05, 0.1) is 12.7 Å². The van der Waals surface area contributed by atoms with Crippen molar-refractivity contribution in [2.24, 2.45) is 0 Å². The predicted octanol–water partition coefficient (Wildman–Crippen LogP) is 4.98. The number of rotatable bonds is 6. The first kappa shape index (κ1) is 23.2. The highest BCUT2D eigenvalue weighted by atomic mass is 35.5. The molecule has 0 bridgehead atoms. The van der Waals surface area contributed by atoms with Crippen molar-refractivity contribution in [3.05, 3.63) is 82.8 Å². The zero-order chi connectivity index (χ0) is 24.5. The number of benzene rings is 2. The van der Waals surface area contributed by atoms with Gasteiger partial charge < -0.3 is 9.30 Å². The van der Waals surface area contributed by atoms with E-state index in [-0.39, 0.29) is 29.1 Å². The maximum Gasteiger partial charge on any atom is 0.432 e. The number of alkyl halides is 3. The molecule has 4 rings (SSSR count). The molecule has 11 heteroatoms. The zero-order valence-corrected chi connectivity index (χ0v) is 18.3. The second-order valence-electron chi connectivity index (χ2n) is 7.17. The molecule has 2 aromatic heterocycles. The Morgan fingerprint density at radius 2 is 1.76 bits per heavy atom. The second kappa shape index (κ2) is 9.14. The standard InChI is InChI=1S/C23H16ClF3N4O3/c1-34-15-7-8-17-16(11-15)18(19(32)21(33)30-22-28-9-2-10-29-22)20(23(25,26)27)31(17)12-13-3-5-14(24)6-4-13/h2-11H,12H2,1H3,(H,28,29,30,33). The predicted molar refractivity (Wildman–Crippen MR) is 119 cm³/mol. The Bertz CT molecular complexity index is 1370. The largest absolute Gasteiger partial charge is 0.497 e. The number of aromatic nitrogens is 3. The van der Waals surface area contributed by atoms with Crippen LogP contribution in [0, 0.1) is 0 Å². The van der Waals surface area contributed by atoms with E-state index < -0.39 is 29.1 Å². The maximum absolute atomic E-state index is 14.4. The molecule has 174 valence electrons. The van der Waals surface area contributed by atoms with E-state index in [1.165, 1.54) is 43.8 Å². The van der Waals surface area contributed by atoms with Gasteiger partial charge in [-0.2, -0.15) is 13.2 Å². The molecule has 0 radical (unpaired) electrons. The van der Waals surface area contributed by atoms with Crippen molar-refractivity contribution in [2.45, 2.75) is 12.7 Å². The number of halogens is 4. The van der Waals surface area contributed by atoms with Gasteiger partial charge in [-0.1, -0.05) is 23.7 Å².